The van der Waals surface area contributed by atoms with Crippen LogP contribution < -0.4 is 9.64 Å². The van der Waals surface area contributed by atoms with Gasteiger partial charge in [0.25, 0.3) is 0 Å². The molecule has 51 heavy (non-hydrogen) atoms. The molecule has 0 bridgehead atoms. The molecule has 3 aromatic heterocycles. The van der Waals surface area contributed by atoms with E-state index in [2.05, 4.69) is 10.8 Å². The first-order chi connectivity index (χ1) is 24.7. The minimum Gasteiger partial charge on any atom is -0.495 e. The topological polar surface area (TPSA) is 120 Å². The molecule has 11 heteroatoms. The number of hydrogen-bond donors (Lipinski definition) is 0. The Kier molecular flexibility index (Phi) is 12.0. The second kappa shape index (κ2) is 16.6. The van der Waals surface area contributed by atoms with E-state index in [4.69, 9.17) is 28.8 Å². The first-order valence-corrected chi connectivity index (χ1v) is 18.9. The summed E-state index contributed by atoms with van der Waals surface area (Å²) in [7, 11) is 3.08. The Morgan fingerprint density at radius 3 is 2.33 bits per heavy atom. The van der Waals surface area contributed by atoms with Crippen molar-refractivity contribution in [3.05, 3.63) is 54.0 Å². The van der Waals surface area contributed by atoms with Crippen LogP contribution in [0.25, 0.3) is 11.3 Å². The maximum Gasteiger partial charge on any atom is 0.409 e. The van der Waals surface area contributed by atoms with Gasteiger partial charge in [-0.1, -0.05) is 19.3 Å². The van der Waals surface area contributed by atoms with Crippen LogP contribution in [0, 0.1) is 18.8 Å². The lowest BCUT2D eigenvalue weighted by molar-refractivity contribution is -0.123. The number of hydrogen-bond acceptors (Lipinski definition) is 9. The molecule has 4 aliphatic rings. The van der Waals surface area contributed by atoms with Gasteiger partial charge in [-0.25, -0.2) is 14.8 Å². The van der Waals surface area contributed by atoms with Gasteiger partial charge in [-0.2, -0.15) is 0 Å². The summed E-state index contributed by atoms with van der Waals surface area (Å²) in [6.45, 7) is 8.63. The van der Waals surface area contributed by atoms with E-state index in [9.17, 15) is 9.59 Å². The number of methoxy groups -OCH3 is 2. The molecule has 4 fully saturated rings. The highest BCUT2D eigenvalue weighted by Gasteiger charge is 2.42. The van der Waals surface area contributed by atoms with Gasteiger partial charge in [0.1, 0.15) is 29.1 Å². The number of carbonyl (C=O) groups excluding carboxylic acids is 2. The molecular weight excluding hydrogens is 646 g/mol. The molecule has 0 unspecified atom stereocenters. The van der Waals surface area contributed by atoms with E-state index in [0.29, 0.717) is 37.5 Å². The van der Waals surface area contributed by atoms with Gasteiger partial charge in [0.05, 0.1) is 33.0 Å². The highest BCUT2D eigenvalue weighted by Crippen LogP contribution is 2.41. The van der Waals surface area contributed by atoms with Crippen molar-refractivity contribution in [2.75, 3.05) is 45.4 Å². The van der Waals surface area contributed by atoms with E-state index in [1.165, 1.54) is 13.5 Å². The van der Waals surface area contributed by atoms with E-state index >= 15 is 0 Å². The van der Waals surface area contributed by atoms with E-state index in [0.717, 1.165) is 111 Å². The van der Waals surface area contributed by atoms with Crippen molar-refractivity contribution >= 4 is 17.8 Å². The smallest absolute Gasteiger partial charge is 0.409 e. The first-order valence-electron chi connectivity index (χ1n) is 18.9. The largest absolute Gasteiger partial charge is 0.495 e. The zero-order valence-corrected chi connectivity index (χ0v) is 31.1. The summed E-state index contributed by atoms with van der Waals surface area (Å²) in [4.78, 5) is 42.8. The monoisotopic (exact) mass is 701 g/mol. The number of pyridine rings is 2. The third-order valence-electron chi connectivity index (χ3n) is 10.9. The van der Waals surface area contributed by atoms with Gasteiger partial charge in [-0.15, -0.1) is 0 Å². The predicted octanol–water partition coefficient (Wildman–Crippen LogP) is 8.08. The predicted molar refractivity (Wildman–Crippen MR) is 195 cm³/mol. The van der Waals surface area contributed by atoms with Crippen molar-refractivity contribution in [3.8, 4) is 17.0 Å². The Morgan fingerprint density at radius 1 is 0.961 bits per heavy atom. The lowest BCUT2D eigenvalue weighted by Gasteiger charge is -2.46. The standard InChI is InChI=1S/C32H40N4O3.C8H15NO3/c1-21-29(38-2)15-14-27(34-21)23-10-8-22(9-11-23)19-36(32(37)25-6-4-3-5-7-25)30-18-26(16-17-33-30)28-20-39-31(35-28)24-12-13-24;1-4-12-8(2)5-9(6-8)7(10)11-3/h14-18,20,22-25H,3-13,19H2,1-2H3;4-6H2,1-3H3. The fraction of sp³-hybridized carbons (Fsp3) is 0.625. The number of aryl methyl sites for hydroxylation is 1. The van der Waals surface area contributed by atoms with Gasteiger partial charge >= 0.3 is 6.09 Å². The molecule has 0 aromatic carbocycles. The number of oxazole rings is 1. The minimum absolute atomic E-state index is 0.0977. The van der Waals surface area contributed by atoms with Crippen LogP contribution in [0.5, 0.6) is 5.75 Å². The Labute approximate surface area is 302 Å². The first kappa shape index (κ1) is 36.8. The fourth-order valence-corrected chi connectivity index (χ4v) is 7.90. The summed E-state index contributed by atoms with van der Waals surface area (Å²) in [5.41, 5.74) is 3.75. The average Bonchev–Trinajstić information content (AvgIpc) is 3.88. The van der Waals surface area contributed by atoms with Gasteiger partial charge in [0.15, 0.2) is 5.89 Å². The lowest BCUT2D eigenvalue weighted by Crippen LogP contribution is -2.63. The number of rotatable bonds is 10. The maximum absolute atomic E-state index is 13.9. The van der Waals surface area contributed by atoms with Gasteiger partial charge in [-0.05, 0) is 102 Å². The molecule has 0 radical (unpaired) electrons. The Hall–Kier alpha value is -3.99. The van der Waals surface area contributed by atoms with Crippen LogP contribution in [0.2, 0.25) is 0 Å². The van der Waals surface area contributed by atoms with E-state index in [1.807, 2.05) is 50.1 Å². The molecule has 2 amide bonds. The second-order valence-corrected chi connectivity index (χ2v) is 15.0. The molecule has 11 nitrogen and oxygen atoms in total. The lowest BCUT2D eigenvalue weighted by atomic mass is 9.79. The molecule has 3 saturated carbocycles. The van der Waals surface area contributed by atoms with Crippen molar-refractivity contribution in [2.45, 2.75) is 109 Å². The number of carbonyl (C=O) groups is 2. The molecule has 276 valence electrons. The Balaban J connectivity index is 0.000000318. The summed E-state index contributed by atoms with van der Waals surface area (Å²) in [5.74, 6) is 4.14. The zero-order valence-electron chi connectivity index (χ0n) is 31.1. The molecular formula is C40H55N5O6. The highest BCUT2D eigenvalue weighted by atomic mass is 16.5. The molecule has 0 N–H and O–H groups in total. The second-order valence-electron chi connectivity index (χ2n) is 15.0. The normalized spacial score (nSPS) is 21.5. The van der Waals surface area contributed by atoms with Crippen molar-refractivity contribution in [2.24, 2.45) is 11.8 Å². The summed E-state index contributed by atoms with van der Waals surface area (Å²) >= 11 is 0. The highest BCUT2D eigenvalue weighted by molar-refractivity contribution is 5.94. The maximum atomic E-state index is 13.9. The molecule has 1 aliphatic heterocycles. The van der Waals surface area contributed by atoms with Crippen LogP contribution >= 0.6 is 0 Å². The summed E-state index contributed by atoms with van der Waals surface area (Å²) in [6, 6.07) is 8.15. The quantitative estimate of drug-likeness (QED) is 0.207. The third kappa shape index (κ3) is 9.09. The number of ether oxygens (including phenoxy) is 3. The number of anilines is 1. The van der Waals surface area contributed by atoms with Crippen LogP contribution in [0.4, 0.5) is 10.6 Å². The summed E-state index contributed by atoms with van der Waals surface area (Å²) in [5, 5.41) is 0. The molecule has 3 aromatic rings. The molecule has 3 aliphatic carbocycles. The van der Waals surface area contributed by atoms with Crippen molar-refractivity contribution < 1.29 is 28.2 Å². The van der Waals surface area contributed by atoms with Gasteiger partial charge in [-0.3, -0.25) is 14.7 Å². The number of likely N-dealkylation sites (tertiary alicyclic amines) is 1. The number of amides is 2. The zero-order chi connectivity index (χ0) is 36.0. The van der Waals surface area contributed by atoms with Gasteiger partial charge in [0.2, 0.25) is 5.91 Å². The van der Waals surface area contributed by atoms with Crippen molar-refractivity contribution in [3.63, 3.8) is 0 Å². The third-order valence-corrected chi connectivity index (χ3v) is 10.9. The molecule has 1 saturated heterocycles. The molecule has 4 heterocycles. The summed E-state index contributed by atoms with van der Waals surface area (Å²) in [6.07, 6.45) is 15.4. The van der Waals surface area contributed by atoms with Gasteiger partial charge < -0.3 is 23.5 Å². The number of aromatic nitrogens is 3. The Bertz CT molecular complexity index is 1620. The van der Waals surface area contributed by atoms with Crippen LogP contribution in [0.1, 0.15) is 114 Å². The van der Waals surface area contributed by atoms with Crippen molar-refractivity contribution in [1.29, 1.82) is 0 Å². The summed E-state index contributed by atoms with van der Waals surface area (Å²) < 4.78 is 21.1. The van der Waals surface area contributed by atoms with Crippen LogP contribution in [0.3, 0.4) is 0 Å². The molecule has 7 rings (SSSR count). The van der Waals surface area contributed by atoms with Crippen LogP contribution in [-0.4, -0.2) is 77.9 Å². The van der Waals surface area contributed by atoms with E-state index < -0.39 is 0 Å². The molecule has 0 atom stereocenters. The minimum atomic E-state index is -0.271. The average molecular weight is 702 g/mol. The van der Waals surface area contributed by atoms with Crippen LogP contribution in [0.15, 0.2) is 41.1 Å². The Morgan fingerprint density at radius 2 is 1.69 bits per heavy atom. The fourth-order valence-electron chi connectivity index (χ4n) is 7.90. The molecule has 0 spiro atoms. The van der Waals surface area contributed by atoms with E-state index in [1.54, 1.807) is 18.3 Å². The van der Waals surface area contributed by atoms with Crippen LogP contribution in [-0.2, 0) is 14.3 Å². The van der Waals surface area contributed by atoms with E-state index in [-0.39, 0.29) is 23.5 Å². The van der Waals surface area contributed by atoms with Gasteiger partial charge in [0, 0.05) is 48.4 Å². The SMILES string of the molecule is CCOC1(C)CN(C(=O)OC)C1.COc1ccc(C2CCC(CN(C(=O)C3CCCCC3)c3cc(-c4coc(C5CC5)n4)ccn3)CC2)nc1C. The number of nitrogens with zero attached hydrogens (tertiary/aromatic N) is 5. The van der Waals surface area contributed by atoms with Crippen molar-refractivity contribution in [1.82, 2.24) is 19.9 Å².